The summed E-state index contributed by atoms with van der Waals surface area (Å²) in [6, 6.07) is 7.59. The molecule has 1 aromatic carbocycles. The molecule has 7 nitrogen and oxygen atoms in total. The third-order valence-corrected chi connectivity index (χ3v) is 2.31. The van der Waals surface area contributed by atoms with Crippen LogP contribution >= 0.6 is 0 Å². The van der Waals surface area contributed by atoms with Gasteiger partial charge in [0.25, 0.3) is 5.69 Å². The number of non-ortho nitro benzene ring substituents is 1. The zero-order valence-corrected chi connectivity index (χ0v) is 8.94. The van der Waals surface area contributed by atoms with Gasteiger partial charge in [-0.15, -0.1) is 0 Å². The molecule has 0 aliphatic carbocycles. The summed E-state index contributed by atoms with van der Waals surface area (Å²) in [5.41, 5.74) is 0.324. The first kappa shape index (κ1) is 11.3. The lowest BCUT2D eigenvalue weighted by atomic mass is 10.1. The number of hydrogen-bond acceptors (Lipinski definition) is 5. The molecule has 0 aliphatic heterocycles. The molecule has 0 saturated carbocycles. The van der Waals surface area contributed by atoms with E-state index in [-0.39, 0.29) is 17.1 Å². The maximum Gasteiger partial charge on any atom is 0.270 e. The van der Waals surface area contributed by atoms with Gasteiger partial charge in [-0.05, 0) is 6.07 Å². The topological polar surface area (TPSA) is 109 Å². The molecule has 0 fully saturated rings. The number of nitriles is 2. The summed E-state index contributed by atoms with van der Waals surface area (Å²) in [6.45, 7) is 0. The third-order valence-electron chi connectivity index (χ3n) is 2.31. The van der Waals surface area contributed by atoms with Gasteiger partial charge in [0.05, 0.1) is 16.2 Å². The summed E-state index contributed by atoms with van der Waals surface area (Å²) < 4.78 is 1.41. The van der Waals surface area contributed by atoms with Crippen molar-refractivity contribution in [2.75, 3.05) is 0 Å². The Kier molecular flexibility index (Phi) is 2.73. The number of nitro benzene ring substituents is 1. The van der Waals surface area contributed by atoms with Crippen LogP contribution in [0.15, 0.2) is 30.6 Å². The lowest BCUT2D eigenvalue weighted by Crippen LogP contribution is -2.00. The molecule has 0 atom stereocenters. The van der Waals surface area contributed by atoms with Gasteiger partial charge in [0.15, 0.2) is 0 Å². The largest absolute Gasteiger partial charge is 0.290 e. The van der Waals surface area contributed by atoms with Crippen LogP contribution < -0.4 is 0 Å². The first-order chi connectivity index (χ1) is 8.67. The molecule has 86 valence electrons. The average Bonchev–Trinajstić information content (AvgIpc) is 2.85. The Morgan fingerprint density at radius 2 is 2.11 bits per heavy atom. The summed E-state index contributed by atoms with van der Waals surface area (Å²) >= 11 is 0. The normalized spacial score (nSPS) is 9.44. The van der Waals surface area contributed by atoms with E-state index >= 15 is 0 Å². The molecule has 1 aromatic heterocycles. The lowest BCUT2D eigenvalue weighted by molar-refractivity contribution is -0.384. The van der Waals surface area contributed by atoms with Crippen molar-refractivity contribution in [3.05, 3.63) is 52.1 Å². The van der Waals surface area contributed by atoms with E-state index in [9.17, 15) is 10.1 Å². The van der Waals surface area contributed by atoms with Crippen molar-refractivity contribution >= 4 is 5.69 Å². The first-order valence-electron chi connectivity index (χ1n) is 4.79. The minimum absolute atomic E-state index is 0.110. The number of imidazole rings is 1. The highest BCUT2D eigenvalue weighted by Crippen LogP contribution is 2.21. The summed E-state index contributed by atoms with van der Waals surface area (Å²) in [4.78, 5) is 13.8. The Morgan fingerprint density at radius 1 is 1.33 bits per heavy atom. The number of benzene rings is 1. The quantitative estimate of drug-likeness (QED) is 0.583. The highest BCUT2D eigenvalue weighted by Gasteiger charge is 2.13. The van der Waals surface area contributed by atoms with Gasteiger partial charge in [0.2, 0.25) is 5.82 Å². The van der Waals surface area contributed by atoms with E-state index in [1.807, 2.05) is 12.1 Å². The van der Waals surface area contributed by atoms with Crippen LogP contribution in [0.5, 0.6) is 0 Å². The number of aromatic nitrogens is 2. The fourth-order valence-corrected chi connectivity index (χ4v) is 1.52. The van der Waals surface area contributed by atoms with Gasteiger partial charge in [-0.2, -0.15) is 10.5 Å². The zero-order valence-electron chi connectivity index (χ0n) is 8.94. The maximum absolute atomic E-state index is 10.6. The van der Waals surface area contributed by atoms with E-state index in [4.69, 9.17) is 10.5 Å². The molecule has 0 N–H and O–H groups in total. The van der Waals surface area contributed by atoms with Crippen LogP contribution in [-0.2, 0) is 0 Å². The summed E-state index contributed by atoms with van der Waals surface area (Å²) in [7, 11) is 0. The number of rotatable bonds is 2. The highest BCUT2D eigenvalue weighted by molar-refractivity contribution is 5.55. The number of nitrogens with zero attached hydrogens (tertiary/aromatic N) is 5. The van der Waals surface area contributed by atoms with E-state index in [0.29, 0.717) is 5.69 Å². The second-order valence-corrected chi connectivity index (χ2v) is 3.30. The summed E-state index contributed by atoms with van der Waals surface area (Å²) in [5.74, 6) is 0.111. The minimum atomic E-state index is -0.580. The molecule has 0 aliphatic rings. The van der Waals surface area contributed by atoms with Gasteiger partial charge >= 0.3 is 0 Å². The molecule has 0 amide bonds. The predicted octanol–water partition coefficient (Wildman–Crippen LogP) is 1.52. The van der Waals surface area contributed by atoms with Crippen LogP contribution in [0.1, 0.15) is 11.4 Å². The van der Waals surface area contributed by atoms with Gasteiger partial charge in [0, 0.05) is 24.5 Å². The zero-order chi connectivity index (χ0) is 13.1. The van der Waals surface area contributed by atoms with Crippen molar-refractivity contribution in [1.82, 2.24) is 9.55 Å². The molecule has 2 aromatic rings. The smallest absolute Gasteiger partial charge is 0.270 e. The Balaban J connectivity index is 2.64. The van der Waals surface area contributed by atoms with Crippen molar-refractivity contribution in [2.45, 2.75) is 0 Å². The highest BCUT2D eigenvalue weighted by atomic mass is 16.6. The van der Waals surface area contributed by atoms with Crippen LogP contribution in [0, 0.1) is 32.8 Å². The molecule has 1 heterocycles. The molecule has 18 heavy (non-hydrogen) atoms. The molecule has 7 heteroatoms. The predicted molar refractivity (Wildman–Crippen MR) is 59.6 cm³/mol. The molecular formula is C11H5N5O2. The Labute approximate surface area is 101 Å². The first-order valence-corrected chi connectivity index (χ1v) is 4.79. The van der Waals surface area contributed by atoms with Crippen LogP contribution in [0.4, 0.5) is 5.69 Å². The van der Waals surface area contributed by atoms with Crippen molar-refractivity contribution < 1.29 is 4.92 Å². The Morgan fingerprint density at radius 3 is 2.72 bits per heavy atom. The third kappa shape index (κ3) is 1.77. The van der Waals surface area contributed by atoms with Crippen molar-refractivity contribution in [2.24, 2.45) is 0 Å². The Hall–Kier alpha value is -3.19. The lowest BCUT2D eigenvalue weighted by Gasteiger charge is -2.05. The second kappa shape index (κ2) is 4.36. The minimum Gasteiger partial charge on any atom is -0.290 e. The molecule has 0 spiro atoms. The van der Waals surface area contributed by atoms with Crippen LogP contribution in [0.25, 0.3) is 5.69 Å². The number of nitro groups is 1. The van der Waals surface area contributed by atoms with Gasteiger partial charge in [0.1, 0.15) is 12.1 Å². The van der Waals surface area contributed by atoms with Gasteiger partial charge in [-0.1, -0.05) is 0 Å². The average molecular weight is 239 g/mol. The van der Waals surface area contributed by atoms with Crippen LogP contribution in [0.3, 0.4) is 0 Å². The molecule has 0 saturated heterocycles. The van der Waals surface area contributed by atoms with E-state index < -0.39 is 4.92 Å². The monoisotopic (exact) mass is 239 g/mol. The SMILES string of the molecule is N#Cc1cc([N+](=O)[O-])ccc1-n1ccnc1C#N. The molecule has 0 bridgehead atoms. The standard InChI is InChI=1S/C11H5N5O2/c12-6-8-5-9(16(17)18)1-2-10(8)15-4-3-14-11(15)7-13/h1-5H. The molecular weight excluding hydrogens is 234 g/mol. The van der Waals surface area contributed by atoms with E-state index in [1.165, 1.54) is 29.1 Å². The molecule has 0 unspecified atom stereocenters. The fraction of sp³-hybridized carbons (Fsp3) is 0. The van der Waals surface area contributed by atoms with Crippen molar-refractivity contribution in [3.63, 3.8) is 0 Å². The van der Waals surface area contributed by atoms with Crippen molar-refractivity contribution in [3.8, 4) is 17.8 Å². The molecule has 0 radical (unpaired) electrons. The maximum atomic E-state index is 10.6. The van der Waals surface area contributed by atoms with Crippen LogP contribution in [0.2, 0.25) is 0 Å². The second-order valence-electron chi connectivity index (χ2n) is 3.30. The fourth-order valence-electron chi connectivity index (χ4n) is 1.52. The van der Waals surface area contributed by atoms with E-state index in [2.05, 4.69) is 4.98 Å². The van der Waals surface area contributed by atoms with Crippen molar-refractivity contribution in [1.29, 1.82) is 10.5 Å². The Bertz CT molecular complexity index is 705. The number of hydrogen-bond donors (Lipinski definition) is 0. The molecule has 2 rings (SSSR count). The van der Waals surface area contributed by atoms with Gasteiger partial charge < -0.3 is 0 Å². The summed E-state index contributed by atoms with van der Waals surface area (Å²) in [5, 5.41) is 28.5. The summed E-state index contributed by atoms with van der Waals surface area (Å²) in [6.07, 6.45) is 2.93. The van der Waals surface area contributed by atoms with E-state index in [1.54, 1.807) is 0 Å². The van der Waals surface area contributed by atoms with Gasteiger partial charge in [-0.25, -0.2) is 4.98 Å². The van der Waals surface area contributed by atoms with Gasteiger partial charge in [-0.3, -0.25) is 14.7 Å². The van der Waals surface area contributed by atoms with Crippen LogP contribution in [-0.4, -0.2) is 14.5 Å². The van der Waals surface area contributed by atoms with E-state index in [0.717, 1.165) is 6.07 Å².